The Labute approximate surface area is 702 Å². The van der Waals surface area contributed by atoms with Crippen molar-refractivity contribution in [3.8, 4) is 0 Å². The average Bonchev–Trinajstić information content (AvgIpc) is 2.72. The van der Waals surface area contributed by atoms with E-state index in [0.717, 1.165) is 6.42 Å². The SMILES string of the molecule is [2H][C@@H]1C(CO[C@@H]2OC(CC)[C@@H](C)C([CH2-])[C@@H]2[CH2-])O[C@H]([B])[C@@H]([CH2-])C1C.[CH2-]C([CH2-])C.[CH2-]C([CH2-])C.[CH2-][C@@H](C)F.[CH3-].[CH3-].[Y].[Y].[Y].[Y].[Y].[Y].[Y].[Y].[Y].[Y].[Y].[Y].[Y].[Y].[Y]. The summed E-state index contributed by atoms with van der Waals surface area (Å²) in [6.45, 7) is 41.3. The van der Waals surface area contributed by atoms with Crippen LogP contribution in [0.3, 0.4) is 0 Å². The van der Waals surface area contributed by atoms with Crippen molar-refractivity contribution in [2.24, 2.45) is 41.4 Å². The molecule has 0 aromatic rings. The third kappa shape index (κ3) is 78.1. The molecule has 0 bridgehead atoms. The minimum absolute atomic E-state index is 0. The molecule has 2 heterocycles. The van der Waals surface area contributed by atoms with E-state index < -0.39 is 24.9 Å². The minimum Gasteiger partial charge on any atom is -0.385 e. The Kier molecular flexibility index (Phi) is 199. The number of halogens is 1. The molecule has 20 heteroatoms. The van der Waals surface area contributed by atoms with Gasteiger partial charge in [-0.05, 0) is 30.9 Å². The van der Waals surface area contributed by atoms with Gasteiger partial charge in [-0.2, -0.15) is 5.92 Å². The Morgan fingerprint density at radius 1 is 0.686 bits per heavy atom. The molecular weight excluding hydrogens is 1780 g/mol. The van der Waals surface area contributed by atoms with Crippen LogP contribution in [0.4, 0.5) is 4.39 Å². The molecule has 51 heavy (non-hydrogen) atoms. The second kappa shape index (κ2) is 83.3. The van der Waals surface area contributed by atoms with E-state index in [4.69, 9.17) is 23.4 Å². The number of alkyl halides is 1. The Morgan fingerprint density at radius 3 is 1.25 bits per heavy atom. The second-order valence-corrected chi connectivity index (χ2v) is 9.82. The molecule has 0 aromatic carbocycles. The first-order chi connectivity index (χ1) is 16.0. The van der Waals surface area contributed by atoms with Crippen LogP contribution < -0.4 is 0 Å². The van der Waals surface area contributed by atoms with Gasteiger partial charge in [0.25, 0.3) is 0 Å². The third-order valence-electron chi connectivity index (χ3n) is 5.24. The Balaban J connectivity index is -0.0000000197. The van der Waals surface area contributed by atoms with Gasteiger partial charge >= 0.3 is 0 Å². The molecule has 17 radical (unpaired) electrons. The molecule has 0 spiro atoms. The fourth-order valence-electron chi connectivity index (χ4n) is 3.31. The zero-order valence-corrected chi connectivity index (χ0v) is 76.0. The zero-order valence-electron chi connectivity index (χ0n) is 34.4. The maximum atomic E-state index is 10.9. The first-order valence-electron chi connectivity index (χ1n) is 12.9. The van der Waals surface area contributed by atoms with Crippen LogP contribution in [0, 0.1) is 112 Å². The topological polar surface area (TPSA) is 27.7 Å². The summed E-state index contributed by atoms with van der Waals surface area (Å²) in [5, 5.41) is 0. The number of hydrogen-bond acceptors (Lipinski definition) is 3. The Hall–Kier alpha value is 16.4. The maximum Gasteiger partial charge on any atom is 0.131 e. The molecule has 2 aliphatic heterocycles. The van der Waals surface area contributed by atoms with Gasteiger partial charge in [-0.3, -0.25) is 4.39 Å². The summed E-state index contributed by atoms with van der Waals surface area (Å²) in [7, 11) is 5.96. The summed E-state index contributed by atoms with van der Waals surface area (Å²) < 4.78 is 36.9. The van der Waals surface area contributed by atoms with Gasteiger partial charge in [0.05, 0.1) is 18.8 Å². The van der Waals surface area contributed by atoms with Crippen LogP contribution in [0.2, 0.25) is 0 Å². The molecule has 265 valence electrons. The molecule has 0 amide bonds. The first-order valence-corrected chi connectivity index (χ1v) is 12.4. The first kappa shape index (κ1) is 122. The predicted octanol–water partition coefficient (Wildman–Crippen LogP) is 7.67. The molecule has 0 saturated carbocycles. The van der Waals surface area contributed by atoms with E-state index in [0.29, 0.717) is 17.8 Å². The van der Waals surface area contributed by atoms with E-state index in [1.165, 1.54) is 6.92 Å². The molecule has 4 unspecified atom stereocenters. The van der Waals surface area contributed by atoms with Crippen LogP contribution >= 0.6 is 0 Å². The van der Waals surface area contributed by atoms with Crippen molar-refractivity contribution in [2.45, 2.75) is 85.0 Å². The number of hydrogen-bond donors (Lipinski definition) is 0. The van der Waals surface area contributed by atoms with Crippen molar-refractivity contribution in [1.29, 1.82) is 0 Å². The monoisotopic (exact) mass is 1840 g/mol. The smallest absolute Gasteiger partial charge is 0.131 e. The summed E-state index contributed by atoms with van der Waals surface area (Å²) in [6.07, 6.45) is -1.04. The summed E-state index contributed by atoms with van der Waals surface area (Å²) in [4.78, 5) is 0. The summed E-state index contributed by atoms with van der Waals surface area (Å²) in [5.74, 6) is 1.17. The van der Waals surface area contributed by atoms with Crippen molar-refractivity contribution < 1.29 is 511 Å². The van der Waals surface area contributed by atoms with Crippen LogP contribution in [0.5, 0.6) is 0 Å². The zero-order chi connectivity index (χ0) is 28.0. The van der Waals surface area contributed by atoms with E-state index in [9.17, 15) is 4.39 Å². The van der Waals surface area contributed by atoms with E-state index in [2.05, 4.69) is 69.2 Å². The van der Waals surface area contributed by atoms with Crippen molar-refractivity contribution in [2.75, 3.05) is 6.61 Å². The third-order valence-corrected chi connectivity index (χ3v) is 5.24. The van der Waals surface area contributed by atoms with Gasteiger partial charge in [-0.25, -0.2) is 0 Å². The van der Waals surface area contributed by atoms with Crippen LogP contribution in [0.15, 0.2) is 0 Å². The van der Waals surface area contributed by atoms with Crippen LogP contribution in [0.1, 0.15) is 55.7 Å². The van der Waals surface area contributed by atoms with Crippen LogP contribution in [0.25, 0.3) is 0 Å². The van der Waals surface area contributed by atoms with Crippen LogP contribution in [-0.4, -0.2) is 45.1 Å². The predicted molar refractivity (Wildman–Crippen MR) is 157 cm³/mol. The average molecular weight is 1840 g/mol. The summed E-state index contributed by atoms with van der Waals surface area (Å²) in [5.41, 5.74) is 0. The number of ether oxygens (including phenoxy) is 3. The molecule has 0 N–H and O–H groups in total. The Bertz CT molecular complexity index is 529. The van der Waals surface area contributed by atoms with Gasteiger partial charge in [0.2, 0.25) is 0 Å². The van der Waals surface area contributed by atoms with Crippen molar-refractivity contribution in [3.63, 3.8) is 0 Å². The van der Waals surface area contributed by atoms with Gasteiger partial charge in [-0.1, -0.05) is 33.6 Å². The van der Waals surface area contributed by atoms with Crippen molar-refractivity contribution >= 4 is 7.85 Å². The maximum absolute atomic E-state index is 10.9. The molecular formula is C31H58BFO3Y15-10. The standard InChI is InChI=1S/C18H30BO3.2C4H8.C3H6F.2CH3.15Y/c1-7-16-13(5)12(4)14(6)18(22-16)20-9-15-8-10(2)11(3)17(19)21-15;2*1-4(2)3;1-3(2)4;;;;;;;;;;;;;;;;;/h10-18H,3-4,6-9H2,1-2,5H3;2*4H,1-2H2,3H3;3H,1H2,2H3;2*1H3;;;;;;;;;;;;;;;/q-3;2*-2;3*-1;;;;;;;;;;;;;;;/t10?,11-,12?,13-,14-,15?,16?,17-,18+;;;3-;;;;;;;;;;;;;;;;;/m0..0................./s1/i8D;;;;;;;;;;;;;;;;;;;;/t8-,10?,11-,12?,13-,14-,15?,16?,17-,18+;;;;;;;;;;;;;;;;;;;;. The van der Waals surface area contributed by atoms with Crippen molar-refractivity contribution in [1.82, 2.24) is 0 Å². The van der Waals surface area contributed by atoms with Gasteiger partial charge in [-0.15, -0.1) is 25.7 Å². The van der Waals surface area contributed by atoms with E-state index in [1.807, 2.05) is 20.8 Å². The van der Waals surface area contributed by atoms with Crippen LogP contribution in [-0.2, 0) is 505 Å². The molecule has 2 fully saturated rings. The molecule has 3 nitrogen and oxygen atoms in total. The summed E-state index contributed by atoms with van der Waals surface area (Å²) >= 11 is 0. The molecule has 0 aromatic heterocycles. The minimum atomic E-state index is -0.917. The second-order valence-electron chi connectivity index (χ2n) is 9.82. The van der Waals surface area contributed by atoms with Gasteiger partial charge < -0.3 is 96.3 Å². The quantitative estimate of drug-likeness (QED) is 0.214. The number of rotatable bonds is 4. The van der Waals surface area contributed by atoms with Gasteiger partial charge in [0.15, 0.2) is 0 Å². The molecule has 2 rings (SSSR count). The van der Waals surface area contributed by atoms with Crippen molar-refractivity contribution in [3.05, 3.63) is 70.2 Å². The van der Waals surface area contributed by atoms with E-state index >= 15 is 0 Å². The fourth-order valence-corrected chi connectivity index (χ4v) is 3.31. The van der Waals surface area contributed by atoms with Gasteiger partial charge in [0, 0.05) is 492 Å². The molecule has 0 aliphatic carbocycles. The van der Waals surface area contributed by atoms with E-state index in [1.54, 1.807) is 0 Å². The van der Waals surface area contributed by atoms with E-state index in [-0.39, 0.29) is 548 Å². The molecule has 2 aliphatic rings. The Morgan fingerprint density at radius 2 is 0.980 bits per heavy atom. The van der Waals surface area contributed by atoms with Gasteiger partial charge in [0.1, 0.15) is 14.1 Å². The molecule has 2 saturated heterocycles. The normalized spacial score (nSPS) is 25.9. The molecule has 11 atom stereocenters. The largest absolute Gasteiger partial charge is 0.385 e. The fraction of sp³-hybridized carbons (Fsp3) is 0.677. The summed E-state index contributed by atoms with van der Waals surface area (Å²) in [6, 6.07) is -0.452.